The van der Waals surface area contributed by atoms with Crippen molar-refractivity contribution in [3.63, 3.8) is 0 Å². The van der Waals surface area contributed by atoms with E-state index in [0.29, 0.717) is 22.7 Å². The standard InChI is InChI=1S/C17H13ClF2N4/c18-12-1-2-15(14(19)7-12)24-13-6-10(8-22-9-13)5-11-3-4-23-17(21)16(11)20/h1-4,6-9,24H,5H2,(H2,21,23). The number of rotatable bonds is 4. The minimum atomic E-state index is -0.542. The monoisotopic (exact) mass is 346 g/mol. The lowest BCUT2D eigenvalue weighted by Crippen LogP contribution is -2.01. The molecule has 1 aromatic carbocycles. The van der Waals surface area contributed by atoms with Crippen LogP contribution < -0.4 is 11.1 Å². The maximum absolute atomic E-state index is 13.9. The van der Waals surface area contributed by atoms with Gasteiger partial charge in [0.15, 0.2) is 11.6 Å². The lowest BCUT2D eigenvalue weighted by molar-refractivity contribution is 0.613. The SMILES string of the molecule is Nc1nccc(Cc2cncc(Nc3ccc(Cl)cc3F)c2)c1F. The summed E-state index contributed by atoms with van der Waals surface area (Å²) in [6, 6.07) is 7.66. The summed E-state index contributed by atoms with van der Waals surface area (Å²) in [5, 5.41) is 3.24. The average molecular weight is 347 g/mol. The summed E-state index contributed by atoms with van der Waals surface area (Å²) in [5.41, 5.74) is 7.49. The summed E-state index contributed by atoms with van der Waals surface area (Å²) in [6.45, 7) is 0. The van der Waals surface area contributed by atoms with Gasteiger partial charge in [0.1, 0.15) is 5.82 Å². The number of halogens is 3. The van der Waals surface area contributed by atoms with Gasteiger partial charge < -0.3 is 11.1 Å². The lowest BCUT2D eigenvalue weighted by Gasteiger charge is -2.10. The highest BCUT2D eigenvalue weighted by molar-refractivity contribution is 6.30. The number of nitrogens with two attached hydrogens (primary N) is 1. The van der Waals surface area contributed by atoms with Gasteiger partial charge in [-0.25, -0.2) is 13.8 Å². The van der Waals surface area contributed by atoms with E-state index in [4.69, 9.17) is 17.3 Å². The molecule has 0 aliphatic rings. The molecule has 24 heavy (non-hydrogen) atoms. The van der Waals surface area contributed by atoms with E-state index in [1.54, 1.807) is 30.6 Å². The van der Waals surface area contributed by atoms with Crippen LogP contribution in [-0.4, -0.2) is 9.97 Å². The van der Waals surface area contributed by atoms with Crippen LogP contribution in [0.3, 0.4) is 0 Å². The van der Waals surface area contributed by atoms with Crippen molar-refractivity contribution < 1.29 is 8.78 Å². The summed E-state index contributed by atoms with van der Waals surface area (Å²) in [7, 11) is 0. The highest BCUT2D eigenvalue weighted by Crippen LogP contribution is 2.24. The molecular weight excluding hydrogens is 334 g/mol. The Labute approximate surface area is 142 Å². The predicted molar refractivity (Wildman–Crippen MR) is 90.3 cm³/mol. The Morgan fingerprint density at radius 3 is 2.75 bits per heavy atom. The first-order chi connectivity index (χ1) is 11.5. The number of nitrogens with one attached hydrogen (secondary N) is 1. The first-order valence-electron chi connectivity index (χ1n) is 7.08. The zero-order valence-corrected chi connectivity index (χ0v) is 13.2. The van der Waals surface area contributed by atoms with E-state index in [2.05, 4.69) is 15.3 Å². The van der Waals surface area contributed by atoms with Crippen molar-refractivity contribution in [2.24, 2.45) is 0 Å². The summed E-state index contributed by atoms with van der Waals surface area (Å²) in [6.07, 6.45) is 4.91. The van der Waals surface area contributed by atoms with E-state index in [9.17, 15) is 8.78 Å². The maximum atomic E-state index is 13.9. The number of nitrogens with zero attached hydrogens (tertiary/aromatic N) is 2. The Balaban J connectivity index is 1.82. The van der Waals surface area contributed by atoms with Gasteiger partial charge in [0.05, 0.1) is 17.6 Å². The molecule has 2 aromatic heterocycles. The molecule has 0 aliphatic heterocycles. The number of nitrogen functional groups attached to an aromatic ring is 1. The van der Waals surface area contributed by atoms with E-state index in [0.717, 1.165) is 5.56 Å². The van der Waals surface area contributed by atoms with Gasteiger partial charge >= 0.3 is 0 Å². The van der Waals surface area contributed by atoms with Crippen molar-refractivity contribution in [2.75, 3.05) is 11.1 Å². The Hall–Kier alpha value is -2.73. The van der Waals surface area contributed by atoms with Crippen LogP contribution in [-0.2, 0) is 6.42 Å². The third-order valence-electron chi connectivity index (χ3n) is 3.40. The first kappa shape index (κ1) is 16.1. The molecule has 4 nitrogen and oxygen atoms in total. The van der Waals surface area contributed by atoms with Crippen LogP contribution in [0.15, 0.2) is 48.9 Å². The van der Waals surface area contributed by atoms with Crippen LogP contribution >= 0.6 is 11.6 Å². The fourth-order valence-electron chi connectivity index (χ4n) is 2.26. The van der Waals surface area contributed by atoms with E-state index in [1.165, 1.54) is 18.3 Å². The van der Waals surface area contributed by atoms with E-state index < -0.39 is 11.6 Å². The van der Waals surface area contributed by atoms with E-state index in [-0.39, 0.29) is 11.5 Å². The number of hydrogen-bond donors (Lipinski definition) is 2. The van der Waals surface area contributed by atoms with Crippen LogP contribution in [0.5, 0.6) is 0 Å². The highest BCUT2D eigenvalue weighted by atomic mass is 35.5. The maximum Gasteiger partial charge on any atom is 0.168 e. The van der Waals surface area contributed by atoms with Crippen molar-refractivity contribution in [1.82, 2.24) is 9.97 Å². The van der Waals surface area contributed by atoms with Crippen molar-refractivity contribution >= 4 is 28.8 Å². The van der Waals surface area contributed by atoms with Crippen LogP contribution in [0.4, 0.5) is 26.0 Å². The van der Waals surface area contributed by atoms with E-state index >= 15 is 0 Å². The summed E-state index contributed by atoms with van der Waals surface area (Å²) in [5.74, 6) is -1.15. The molecule has 0 saturated carbocycles. The second-order valence-electron chi connectivity index (χ2n) is 5.18. The third-order valence-corrected chi connectivity index (χ3v) is 3.63. The van der Waals surface area contributed by atoms with Crippen molar-refractivity contribution in [2.45, 2.75) is 6.42 Å². The minimum absolute atomic E-state index is 0.141. The molecule has 0 bridgehead atoms. The van der Waals surface area contributed by atoms with Crippen molar-refractivity contribution in [3.05, 3.63) is 76.7 Å². The zero-order valence-electron chi connectivity index (χ0n) is 12.4. The summed E-state index contributed by atoms with van der Waals surface area (Å²) >= 11 is 5.73. The smallest absolute Gasteiger partial charge is 0.168 e. The molecule has 0 radical (unpaired) electrons. The van der Waals surface area contributed by atoms with Crippen molar-refractivity contribution in [1.29, 1.82) is 0 Å². The van der Waals surface area contributed by atoms with Gasteiger partial charge in [0.25, 0.3) is 0 Å². The van der Waals surface area contributed by atoms with Gasteiger partial charge in [-0.05, 0) is 41.5 Å². The number of aromatic nitrogens is 2. The molecule has 2 heterocycles. The largest absolute Gasteiger partial charge is 0.381 e. The van der Waals surface area contributed by atoms with Gasteiger partial charge in [-0.2, -0.15) is 0 Å². The number of hydrogen-bond acceptors (Lipinski definition) is 4. The highest BCUT2D eigenvalue weighted by Gasteiger charge is 2.09. The van der Waals surface area contributed by atoms with Gasteiger partial charge in [-0.1, -0.05) is 11.6 Å². The Morgan fingerprint density at radius 2 is 1.96 bits per heavy atom. The van der Waals surface area contributed by atoms with Crippen LogP contribution in [0, 0.1) is 11.6 Å². The molecule has 0 fully saturated rings. The fourth-order valence-corrected chi connectivity index (χ4v) is 2.42. The molecule has 0 saturated heterocycles. The average Bonchev–Trinajstić information content (AvgIpc) is 2.55. The Morgan fingerprint density at radius 1 is 1.12 bits per heavy atom. The van der Waals surface area contributed by atoms with Crippen molar-refractivity contribution in [3.8, 4) is 0 Å². The molecule has 3 rings (SSSR count). The third kappa shape index (κ3) is 3.60. The number of pyridine rings is 2. The summed E-state index contributed by atoms with van der Waals surface area (Å²) in [4.78, 5) is 7.79. The zero-order chi connectivity index (χ0) is 17.1. The topological polar surface area (TPSA) is 63.8 Å². The van der Waals surface area contributed by atoms with Gasteiger partial charge in [0, 0.05) is 23.8 Å². The van der Waals surface area contributed by atoms with Crippen LogP contribution in [0.1, 0.15) is 11.1 Å². The molecule has 3 aromatic rings. The molecule has 0 unspecified atom stereocenters. The molecule has 0 amide bonds. The number of anilines is 3. The van der Waals surface area contributed by atoms with Crippen LogP contribution in [0.2, 0.25) is 5.02 Å². The van der Waals surface area contributed by atoms with Gasteiger partial charge in [0.2, 0.25) is 0 Å². The van der Waals surface area contributed by atoms with Gasteiger partial charge in [-0.15, -0.1) is 0 Å². The molecule has 7 heteroatoms. The normalized spacial score (nSPS) is 10.6. The Kier molecular flexibility index (Phi) is 4.57. The first-order valence-corrected chi connectivity index (χ1v) is 7.45. The predicted octanol–water partition coefficient (Wildman–Crippen LogP) is 4.32. The molecule has 3 N–H and O–H groups in total. The number of benzene rings is 1. The van der Waals surface area contributed by atoms with Gasteiger partial charge in [-0.3, -0.25) is 4.98 Å². The molecular formula is C17H13ClF2N4. The molecule has 0 spiro atoms. The Bertz CT molecular complexity index is 886. The van der Waals surface area contributed by atoms with Crippen LogP contribution in [0.25, 0.3) is 0 Å². The minimum Gasteiger partial charge on any atom is -0.381 e. The fraction of sp³-hybridized carbons (Fsp3) is 0.0588. The van der Waals surface area contributed by atoms with E-state index in [1.807, 2.05) is 0 Å². The summed E-state index contributed by atoms with van der Waals surface area (Å²) < 4.78 is 27.8. The molecule has 0 aliphatic carbocycles. The molecule has 0 atom stereocenters. The second kappa shape index (κ2) is 6.80. The second-order valence-corrected chi connectivity index (χ2v) is 5.61. The molecule has 122 valence electrons. The quantitative estimate of drug-likeness (QED) is 0.738. The lowest BCUT2D eigenvalue weighted by atomic mass is 10.1.